The molecule has 0 saturated heterocycles. The van der Waals surface area contributed by atoms with Crippen molar-refractivity contribution in [1.82, 2.24) is 5.32 Å². The average molecular weight is 246 g/mol. The molecule has 3 nitrogen and oxygen atoms in total. The van der Waals surface area contributed by atoms with Crippen LogP contribution in [0.4, 0.5) is 0 Å². The fraction of sp³-hybridized carbons (Fsp3) is 0.533. The van der Waals surface area contributed by atoms with Crippen LogP contribution in [0.2, 0.25) is 0 Å². The minimum absolute atomic E-state index is 0.00569. The molecule has 0 aliphatic heterocycles. The van der Waals surface area contributed by atoms with Crippen LogP contribution in [0, 0.1) is 19.3 Å². The Morgan fingerprint density at radius 1 is 1.39 bits per heavy atom. The van der Waals surface area contributed by atoms with Crippen LogP contribution in [0.25, 0.3) is 0 Å². The van der Waals surface area contributed by atoms with Crippen molar-refractivity contribution in [1.29, 1.82) is 0 Å². The Labute approximate surface area is 109 Å². The third kappa shape index (κ3) is 2.15. The lowest BCUT2D eigenvalue weighted by Crippen LogP contribution is -2.64. The van der Waals surface area contributed by atoms with E-state index in [0.29, 0.717) is 0 Å². The summed E-state index contributed by atoms with van der Waals surface area (Å²) in [6, 6.07) is 6.26. The summed E-state index contributed by atoms with van der Waals surface area (Å²) >= 11 is 0. The van der Waals surface area contributed by atoms with Crippen LogP contribution in [0.5, 0.6) is 0 Å². The first kappa shape index (κ1) is 13.1. The van der Waals surface area contributed by atoms with Gasteiger partial charge in [-0.3, -0.25) is 4.79 Å². The number of aryl methyl sites for hydroxylation is 2. The molecule has 0 heterocycles. The molecule has 3 heteroatoms. The first-order valence-electron chi connectivity index (χ1n) is 6.46. The van der Waals surface area contributed by atoms with Gasteiger partial charge in [0.1, 0.15) is 0 Å². The molecule has 2 rings (SSSR count). The number of nitrogens with two attached hydrogens (primary N) is 1. The van der Waals surface area contributed by atoms with Gasteiger partial charge in [-0.2, -0.15) is 0 Å². The molecule has 2 unspecified atom stereocenters. The molecule has 98 valence electrons. The summed E-state index contributed by atoms with van der Waals surface area (Å²) in [6.07, 6.45) is 0.865. The van der Waals surface area contributed by atoms with E-state index in [1.807, 2.05) is 32.0 Å². The molecule has 1 saturated carbocycles. The van der Waals surface area contributed by atoms with Crippen LogP contribution in [-0.2, 0) is 0 Å². The molecule has 3 N–H and O–H groups in total. The van der Waals surface area contributed by atoms with E-state index in [1.165, 1.54) is 5.56 Å². The molecule has 1 amide bonds. The number of hydrogen-bond acceptors (Lipinski definition) is 2. The molecule has 1 fully saturated rings. The van der Waals surface area contributed by atoms with Crippen LogP contribution >= 0.6 is 0 Å². The molecule has 18 heavy (non-hydrogen) atoms. The molecular weight excluding hydrogens is 224 g/mol. The summed E-state index contributed by atoms with van der Waals surface area (Å²) in [5, 5.41) is 3.09. The van der Waals surface area contributed by atoms with E-state index < -0.39 is 0 Å². The van der Waals surface area contributed by atoms with Gasteiger partial charge in [-0.05, 0) is 31.9 Å². The van der Waals surface area contributed by atoms with Gasteiger partial charge in [0, 0.05) is 23.1 Å². The van der Waals surface area contributed by atoms with E-state index in [9.17, 15) is 4.79 Å². The van der Waals surface area contributed by atoms with E-state index in [-0.39, 0.29) is 23.4 Å². The summed E-state index contributed by atoms with van der Waals surface area (Å²) < 4.78 is 0. The van der Waals surface area contributed by atoms with Gasteiger partial charge in [-0.1, -0.05) is 31.5 Å². The lowest BCUT2D eigenvalue weighted by molar-refractivity contribution is 0.0586. The number of carbonyl (C=O) groups excluding carboxylic acids is 1. The Bertz CT molecular complexity index is 479. The quantitative estimate of drug-likeness (QED) is 0.840. The second-order valence-corrected chi connectivity index (χ2v) is 6.01. The van der Waals surface area contributed by atoms with E-state index in [4.69, 9.17) is 5.73 Å². The Hall–Kier alpha value is -1.35. The zero-order valence-electron chi connectivity index (χ0n) is 11.6. The van der Waals surface area contributed by atoms with E-state index in [0.717, 1.165) is 17.5 Å². The number of rotatable bonds is 2. The Balaban J connectivity index is 2.09. The maximum Gasteiger partial charge on any atom is 0.251 e. The van der Waals surface area contributed by atoms with Gasteiger partial charge in [0.2, 0.25) is 0 Å². The van der Waals surface area contributed by atoms with Crippen molar-refractivity contribution >= 4 is 5.91 Å². The van der Waals surface area contributed by atoms with Crippen molar-refractivity contribution in [2.45, 2.75) is 46.2 Å². The van der Waals surface area contributed by atoms with Crippen LogP contribution in [0.15, 0.2) is 18.2 Å². The lowest BCUT2D eigenvalue weighted by Gasteiger charge is -2.50. The number of carbonyl (C=O) groups is 1. The molecule has 0 radical (unpaired) electrons. The van der Waals surface area contributed by atoms with Crippen LogP contribution < -0.4 is 11.1 Å². The van der Waals surface area contributed by atoms with Gasteiger partial charge < -0.3 is 11.1 Å². The highest BCUT2D eigenvalue weighted by Crippen LogP contribution is 2.39. The van der Waals surface area contributed by atoms with Crippen molar-refractivity contribution < 1.29 is 4.79 Å². The monoisotopic (exact) mass is 246 g/mol. The maximum absolute atomic E-state index is 12.2. The summed E-state index contributed by atoms with van der Waals surface area (Å²) in [6.45, 7) is 8.21. The summed E-state index contributed by atoms with van der Waals surface area (Å²) in [7, 11) is 0. The molecule has 1 aromatic carbocycles. The third-order valence-electron chi connectivity index (χ3n) is 4.28. The van der Waals surface area contributed by atoms with Crippen LogP contribution in [-0.4, -0.2) is 18.0 Å². The van der Waals surface area contributed by atoms with Crippen molar-refractivity contribution in [2.75, 3.05) is 0 Å². The van der Waals surface area contributed by atoms with Crippen LogP contribution in [0.1, 0.15) is 41.8 Å². The van der Waals surface area contributed by atoms with Crippen molar-refractivity contribution in [3.63, 3.8) is 0 Å². The topological polar surface area (TPSA) is 55.1 Å². The molecule has 0 spiro atoms. The highest BCUT2D eigenvalue weighted by molar-refractivity contribution is 5.96. The molecular formula is C15H22N2O. The molecule has 1 aliphatic carbocycles. The molecule has 0 bridgehead atoms. The average Bonchev–Trinajstić information content (AvgIpc) is 2.28. The minimum atomic E-state index is -0.00569. The van der Waals surface area contributed by atoms with E-state index in [1.54, 1.807) is 0 Å². The third-order valence-corrected chi connectivity index (χ3v) is 4.28. The molecule has 1 aliphatic rings. The Kier molecular flexibility index (Phi) is 3.20. The first-order valence-corrected chi connectivity index (χ1v) is 6.46. The maximum atomic E-state index is 12.2. The number of amides is 1. The smallest absolute Gasteiger partial charge is 0.251 e. The lowest BCUT2D eigenvalue weighted by atomic mass is 9.63. The van der Waals surface area contributed by atoms with Gasteiger partial charge >= 0.3 is 0 Å². The SMILES string of the molecule is Cc1ccc(C(=O)NC2CC(N)C2(C)C)c(C)c1. The summed E-state index contributed by atoms with van der Waals surface area (Å²) in [4.78, 5) is 12.2. The Morgan fingerprint density at radius 3 is 2.56 bits per heavy atom. The van der Waals surface area contributed by atoms with E-state index in [2.05, 4.69) is 19.2 Å². The minimum Gasteiger partial charge on any atom is -0.349 e. The molecule has 1 aromatic rings. The predicted molar refractivity (Wildman–Crippen MR) is 73.5 cm³/mol. The molecule has 0 aromatic heterocycles. The molecule has 2 atom stereocenters. The fourth-order valence-electron chi connectivity index (χ4n) is 2.51. The largest absolute Gasteiger partial charge is 0.349 e. The second-order valence-electron chi connectivity index (χ2n) is 6.01. The van der Waals surface area contributed by atoms with Crippen molar-refractivity contribution in [3.05, 3.63) is 34.9 Å². The second kappa shape index (κ2) is 4.39. The highest BCUT2D eigenvalue weighted by Gasteiger charge is 2.46. The highest BCUT2D eigenvalue weighted by atomic mass is 16.1. The van der Waals surface area contributed by atoms with Gasteiger partial charge in [0.15, 0.2) is 0 Å². The predicted octanol–water partition coefficient (Wildman–Crippen LogP) is 2.16. The Morgan fingerprint density at radius 2 is 2.06 bits per heavy atom. The summed E-state index contributed by atoms with van der Waals surface area (Å²) in [5.74, 6) is 0.0116. The van der Waals surface area contributed by atoms with Gasteiger partial charge in [0.25, 0.3) is 5.91 Å². The number of benzene rings is 1. The zero-order chi connectivity index (χ0) is 13.5. The van der Waals surface area contributed by atoms with Gasteiger partial charge in [-0.25, -0.2) is 0 Å². The summed E-state index contributed by atoms with van der Waals surface area (Å²) in [5.41, 5.74) is 8.91. The van der Waals surface area contributed by atoms with Crippen molar-refractivity contribution in [3.8, 4) is 0 Å². The van der Waals surface area contributed by atoms with E-state index >= 15 is 0 Å². The van der Waals surface area contributed by atoms with Gasteiger partial charge in [0.05, 0.1) is 0 Å². The van der Waals surface area contributed by atoms with Crippen LogP contribution in [0.3, 0.4) is 0 Å². The van der Waals surface area contributed by atoms with Crippen molar-refractivity contribution in [2.24, 2.45) is 11.1 Å². The standard InChI is InChI=1S/C15H22N2O/c1-9-5-6-11(10(2)7-9)14(18)17-13-8-12(16)15(13,3)4/h5-7,12-13H,8,16H2,1-4H3,(H,17,18). The number of nitrogens with one attached hydrogen (secondary N) is 1. The zero-order valence-corrected chi connectivity index (χ0v) is 11.6. The fourth-order valence-corrected chi connectivity index (χ4v) is 2.51. The first-order chi connectivity index (χ1) is 8.32. The number of hydrogen-bond donors (Lipinski definition) is 2. The normalized spacial score (nSPS) is 25.4. The van der Waals surface area contributed by atoms with Gasteiger partial charge in [-0.15, -0.1) is 0 Å².